The first-order valence-corrected chi connectivity index (χ1v) is 6.62. The Bertz CT molecular complexity index is 633. The number of para-hydroxylation sites is 1. The molecule has 0 amide bonds. The topological polar surface area (TPSA) is 74.6 Å². The number of carboxylic acids is 1. The van der Waals surface area contributed by atoms with E-state index >= 15 is 0 Å². The highest BCUT2D eigenvalue weighted by atomic mass is 16.4. The van der Waals surface area contributed by atoms with Gasteiger partial charge in [0.15, 0.2) is 0 Å². The zero-order chi connectivity index (χ0) is 14.4. The molecule has 0 aliphatic heterocycles. The van der Waals surface area contributed by atoms with Gasteiger partial charge in [0, 0.05) is 11.6 Å². The van der Waals surface area contributed by atoms with Crippen LogP contribution in [0.5, 0.6) is 0 Å². The van der Waals surface area contributed by atoms with Gasteiger partial charge in [-0.05, 0) is 25.0 Å². The second-order valence-corrected chi connectivity index (χ2v) is 4.46. The van der Waals surface area contributed by atoms with E-state index < -0.39 is 5.97 Å². The molecule has 2 N–H and O–H groups in total. The number of nitrogens with zero attached hydrogens (tertiary/aromatic N) is 2. The van der Waals surface area contributed by atoms with Crippen LogP contribution in [-0.4, -0.2) is 21.8 Å². The van der Waals surface area contributed by atoms with Crippen LogP contribution in [0.1, 0.15) is 26.2 Å². The number of pyridine rings is 1. The average Bonchev–Trinajstić information content (AvgIpc) is 2.47. The van der Waals surface area contributed by atoms with Crippen LogP contribution in [0.2, 0.25) is 0 Å². The van der Waals surface area contributed by atoms with Crippen molar-refractivity contribution in [2.24, 2.45) is 5.10 Å². The van der Waals surface area contributed by atoms with E-state index in [-0.39, 0.29) is 5.71 Å². The molecule has 0 atom stereocenters. The van der Waals surface area contributed by atoms with Gasteiger partial charge in [0.05, 0.1) is 11.2 Å². The fraction of sp³-hybridized carbons (Fsp3) is 0.267. The molecule has 5 nitrogen and oxygen atoms in total. The molecule has 0 spiro atoms. The number of nitrogens with one attached hydrogen (secondary N) is 1. The Hall–Kier alpha value is -2.43. The van der Waals surface area contributed by atoms with E-state index in [0.29, 0.717) is 12.1 Å². The van der Waals surface area contributed by atoms with Crippen LogP contribution in [0.4, 0.5) is 5.69 Å². The minimum atomic E-state index is -0.987. The maximum atomic E-state index is 11.1. The van der Waals surface area contributed by atoms with Gasteiger partial charge in [-0.25, -0.2) is 4.79 Å². The summed E-state index contributed by atoms with van der Waals surface area (Å²) in [5, 5.41) is 14.1. The lowest BCUT2D eigenvalue weighted by Crippen LogP contribution is -2.14. The van der Waals surface area contributed by atoms with Crippen molar-refractivity contribution < 1.29 is 9.90 Å². The summed E-state index contributed by atoms with van der Waals surface area (Å²) in [5.74, 6) is -0.987. The van der Waals surface area contributed by atoms with Gasteiger partial charge in [-0.15, -0.1) is 0 Å². The molecule has 0 saturated carbocycles. The number of unbranched alkanes of at least 4 members (excludes halogenated alkanes) is 1. The predicted octanol–water partition coefficient (Wildman–Crippen LogP) is 3.28. The quantitative estimate of drug-likeness (QED) is 0.624. The molecular weight excluding hydrogens is 254 g/mol. The number of carbonyl (C=O) groups is 1. The zero-order valence-corrected chi connectivity index (χ0v) is 11.3. The van der Waals surface area contributed by atoms with Gasteiger partial charge < -0.3 is 5.11 Å². The summed E-state index contributed by atoms with van der Waals surface area (Å²) < 4.78 is 0. The Morgan fingerprint density at radius 2 is 2.15 bits per heavy atom. The van der Waals surface area contributed by atoms with Crippen LogP contribution in [0.3, 0.4) is 0 Å². The van der Waals surface area contributed by atoms with Crippen LogP contribution in [0.15, 0.2) is 41.6 Å². The summed E-state index contributed by atoms with van der Waals surface area (Å²) in [5.41, 5.74) is 4.44. The number of fused-ring (bicyclic) bond motifs is 1. The lowest BCUT2D eigenvalue weighted by molar-refractivity contribution is -0.129. The van der Waals surface area contributed by atoms with E-state index in [1.54, 1.807) is 6.20 Å². The molecule has 20 heavy (non-hydrogen) atoms. The van der Waals surface area contributed by atoms with Crippen molar-refractivity contribution in [1.29, 1.82) is 0 Å². The maximum absolute atomic E-state index is 11.1. The first kappa shape index (κ1) is 14.0. The Balaban J connectivity index is 2.24. The van der Waals surface area contributed by atoms with E-state index in [4.69, 9.17) is 5.11 Å². The summed E-state index contributed by atoms with van der Waals surface area (Å²) in [4.78, 5) is 15.4. The number of hydrazone groups is 1. The lowest BCUT2D eigenvalue weighted by atomic mass is 10.2. The molecule has 2 rings (SSSR count). The molecular formula is C15H17N3O2. The molecule has 0 aliphatic carbocycles. The predicted molar refractivity (Wildman–Crippen MR) is 80.0 cm³/mol. The smallest absolute Gasteiger partial charge is 0.352 e. The minimum absolute atomic E-state index is 0.139. The second-order valence-electron chi connectivity index (χ2n) is 4.46. The van der Waals surface area contributed by atoms with Gasteiger partial charge in [-0.3, -0.25) is 10.4 Å². The molecule has 2 aromatic rings. The molecule has 1 aromatic carbocycles. The highest BCUT2D eigenvalue weighted by Crippen LogP contribution is 2.20. The first-order valence-electron chi connectivity index (χ1n) is 6.62. The van der Waals surface area contributed by atoms with Crippen molar-refractivity contribution >= 4 is 28.3 Å². The summed E-state index contributed by atoms with van der Waals surface area (Å²) in [6, 6.07) is 9.48. The number of carboxylic acid groups (broad SMARTS) is 1. The van der Waals surface area contributed by atoms with Crippen LogP contribution in [0, 0.1) is 0 Å². The molecule has 0 fully saturated rings. The van der Waals surface area contributed by atoms with Crippen molar-refractivity contribution in [3.05, 3.63) is 36.5 Å². The molecule has 0 unspecified atom stereocenters. The fourth-order valence-corrected chi connectivity index (χ4v) is 1.88. The van der Waals surface area contributed by atoms with Crippen LogP contribution < -0.4 is 5.43 Å². The van der Waals surface area contributed by atoms with E-state index in [0.717, 1.165) is 23.7 Å². The maximum Gasteiger partial charge on any atom is 0.352 e. The third-order valence-electron chi connectivity index (χ3n) is 2.96. The molecule has 1 heterocycles. The largest absolute Gasteiger partial charge is 0.477 e. The Kier molecular flexibility index (Phi) is 4.65. The minimum Gasteiger partial charge on any atom is -0.477 e. The van der Waals surface area contributed by atoms with Crippen LogP contribution in [0.25, 0.3) is 10.9 Å². The Labute approximate surface area is 117 Å². The summed E-state index contributed by atoms with van der Waals surface area (Å²) in [7, 11) is 0. The molecule has 0 bridgehead atoms. The standard InChI is InChI=1S/C15H17N3O2/c1-2-3-8-13(15(19)20)18-17-12-9-4-6-11-7-5-10-16-14(11)12/h4-7,9-10,17H,2-3,8H2,1H3,(H,19,20)/b18-13+. The normalized spacial score (nSPS) is 11.6. The zero-order valence-electron chi connectivity index (χ0n) is 11.3. The number of aromatic nitrogens is 1. The third kappa shape index (κ3) is 3.32. The van der Waals surface area contributed by atoms with Crippen molar-refractivity contribution in [3.8, 4) is 0 Å². The number of benzene rings is 1. The number of aliphatic carboxylic acids is 1. The van der Waals surface area contributed by atoms with Crippen molar-refractivity contribution in [1.82, 2.24) is 4.98 Å². The molecule has 0 saturated heterocycles. The fourth-order valence-electron chi connectivity index (χ4n) is 1.88. The molecule has 0 radical (unpaired) electrons. The molecule has 1 aromatic heterocycles. The SMILES string of the molecule is CCCC/C(=N\Nc1cccc2cccnc12)C(=O)O. The van der Waals surface area contributed by atoms with E-state index in [2.05, 4.69) is 15.5 Å². The number of rotatable bonds is 6. The average molecular weight is 271 g/mol. The summed E-state index contributed by atoms with van der Waals surface area (Å²) in [6.07, 6.45) is 3.90. The lowest BCUT2D eigenvalue weighted by Gasteiger charge is -2.06. The Morgan fingerprint density at radius 3 is 2.90 bits per heavy atom. The van der Waals surface area contributed by atoms with Crippen molar-refractivity contribution in [2.45, 2.75) is 26.2 Å². The molecule has 5 heteroatoms. The number of hydrogen-bond donors (Lipinski definition) is 2. The van der Waals surface area contributed by atoms with Gasteiger partial charge in [0.25, 0.3) is 0 Å². The van der Waals surface area contributed by atoms with E-state index in [1.807, 2.05) is 37.3 Å². The van der Waals surface area contributed by atoms with Crippen LogP contribution >= 0.6 is 0 Å². The molecule has 104 valence electrons. The third-order valence-corrected chi connectivity index (χ3v) is 2.96. The van der Waals surface area contributed by atoms with Crippen molar-refractivity contribution in [3.63, 3.8) is 0 Å². The first-order chi connectivity index (χ1) is 9.72. The second kappa shape index (κ2) is 6.65. The monoisotopic (exact) mass is 271 g/mol. The van der Waals surface area contributed by atoms with Gasteiger partial charge >= 0.3 is 5.97 Å². The summed E-state index contributed by atoms with van der Waals surface area (Å²) in [6.45, 7) is 2.02. The van der Waals surface area contributed by atoms with E-state index in [9.17, 15) is 4.79 Å². The Morgan fingerprint density at radius 1 is 1.35 bits per heavy atom. The highest BCUT2D eigenvalue weighted by Gasteiger charge is 2.09. The van der Waals surface area contributed by atoms with Gasteiger partial charge in [0.2, 0.25) is 0 Å². The van der Waals surface area contributed by atoms with Crippen LogP contribution in [-0.2, 0) is 4.79 Å². The van der Waals surface area contributed by atoms with Crippen molar-refractivity contribution in [2.75, 3.05) is 5.43 Å². The summed E-state index contributed by atoms with van der Waals surface area (Å²) >= 11 is 0. The highest BCUT2D eigenvalue weighted by molar-refractivity contribution is 6.35. The number of hydrogen-bond acceptors (Lipinski definition) is 4. The van der Waals surface area contributed by atoms with E-state index in [1.165, 1.54) is 0 Å². The van der Waals surface area contributed by atoms with Gasteiger partial charge in [0.1, 0.15) is 5.71 Å². The number of anilines is 1. The molecule has 0 aliphatic rings. The van der Waals surface area contributed by atoms with Gasteiger partial charge in [-0.1, -0.05) is 31.5 Å². The van der Waals surface area contributed by atoms with Gasteiger partial charge in [-0.2, -0.15) is 5.10 Å².